The molecule has 0 spiro atoms. The molecule has 0 saturated carbocycles. The standard InChI is InChI=1S/C25H28Cl2N6O5S/c1-35-24(34)30-39-33-10-8-31(9-11-33)19-3-5-20(6-4-19)36-13-21-14-37-25(38-21,15-32-17-28-16-29-32)22-7-2-18(26)12-23(22)27/h2-7,12,16-17,21H,8-11,13-15H2,1H3,(H,30,34)/t21-,25-/m1/s1. The summed E-state index contributed by atoms with van der Waals surface area (Å²) in [6.07, 6.45) is 2.27. The van der Waals surface area contributed by atoms with Crippen LogP contribution in [0, 0.1) is 0 Å². The highest BCUT2D eigenvalue weighted by molar-refractivity contribution is 7.95. The Labute approximate surface area is 240 Å². The molecule has 2 aromatic carbocycles. The van der Waals surface area contributed by atoms with Gasteiger partial charge in [0, 0.05) is 54.6 Å². The molecule has 0 aliphatic carbocycles. The fourth-order valence-electron chi connectivity index (χ4n) is 4.41. The predicted molar refractivity (Wildman–Crippen MR) is 148 cm³/mol. The summed E-state index contributed by atoms with van der Waals surface area (Å²) in [6, 6.07) is 13.2. The molecule has 39 heavy (non-hydrogen) atoms. The maximum absolute atomic E-state index is 11.3. The number of aromatic nitrogens is 3. The summed E-state index contributed by atoms with van der Waals surface area (Å²) in [7, 11) is 1.35. The van der Waals surface area contributed by atoms with Gasteiger partial charge < -0.3 is 23.8 Å². The summed E-state index contributed by atoms with van der Waals surface area (Å²) in [5.74, 6) is -0.419. The SMILES string of the molecule is COC(=O)NSN1CCN(c2ccc(OC[C@@H]3CO[C@@](Cn4cncn4)(c4ccc(Cl)cc4Cl)O3)cc2)CC1. The van der Waals surface area contributed by atoms with E-state index in [0.29, 0.717) is 28.8 Å². The highest BCUT2D eigenvalue weighted by atomic mass is 35.5. The van der Waals surface area contributed by atoms with Gasteiger partial charge in [-0.1, -0.05) is 29.3 Å². The number of nitrogens with zero attached hydrogens (tertiary/aromatic N) is 5. The van der Waals surface area contributed by atoms with E-state index in [1.165, 1.54) is 25.6 Å². The number of carbonyl (C=O) groups excluding carboxylic acids is 1. The van der Waals surface area contributed by atoms with Gasteiger partial charge in [0.25, 0.3) is 0 Å². The Morgan fingerprint density at radius 2 is 1.97 bits per heavy atom. The van der Waals surface area contributed by atoms with Gasteiger partial charge in [0.05, 0.1) is 18.7 Å². The number of halogens is 2. The fraction of sp³-hybridized carbons (Fsp3) is 0.400. The van der Waals surface area contributed by atoms with E-state index in [2.05, 4.69) is 28.7 Å². The van der Waals surface area contributed by atoms with Crippen molar-refractivity contribution in [3.63, 3.8) is 0 Å². The Morgan fingerprint density at radius 3 is 2.67 bits per heavy atom. The number of anilines is 1. The number of piperazine rings is 1. The van der Waals surface area contributed by atoms with Crippen LogP contribution in [-0.4, -0.2) is 77.8 Å². The number of carbonyl (C=O) groups is 1. The Hall–Kier alpha value is -2.74. The second-order valence-electron chi connectivity index (χ2n) is 8.93. The molecule has 0 unspecified atom stereocenters. The average Bonchev–Trinajstić information content (AvgIpc) is 3.62. The zero-order valence-corrected chi connectivity index (χ0v) is 23.5. The minimum Gasteiger partial charge on any atom is -0.491 e. The van der Waals surface area contributed by atoms with Gasteiger partial charge in [-0.3, -0.25) is 4.72 Å². The number of hydrogen-bond acceptors (Lipinski definition) is 10. The molecule has 1 aromatic heterocycles. The van der Waals surface area contributed by atoms with Gasteiger partial charge in [-0.05, 0) is 36.4 Å². The monoisotopic (exact) mass is 594 g/mol. The van der Waals surface area contributed by atoms with Crippen LogP contribution >= 0.6 is 35.3 Å². The Bertz CT molecular complexity index is 1250. The molecule has 11 nitrogen and oxygen atoms in total. The first-order valence-electron chi connectivity index (χ1n) is 12.3. The topological polar surface area (TPSA) is 103 Å². The molecular formula is C25H28Cl2N6O5S. The minimum absolute atomic E-state index is 0.268. The van der Waals surface area contributed by atoms with E-state index in [0.717, 1.165) is 37.6 Å². The van der Waals surface area contributed by atoms with Gasteiger partial charge in [-0.2, -0.15) is 5.10 Å². The minimum atomic E-state index is -1.15. The van der Waals surface area contributed by atoms with Gasteiger partial charge in [-0.15, -0.1) is 0 Å². The van der Waals surface area contributed by atoms with Crippen LogP contribution in [0.5, 0.6) is 5.75 Å². The summed E-state index contributed by atoms with van der Waals surface area (Å²) in [5.41, 5.74) is 1.77. The highest BCUT2D eigenvalue weighted by Crippen LogP contribution is 2.40. The van der Waals surface area contributed by atoms with Gasteiger partial charge in [-0.25, -0.2) is 18.8 Å². The summed E-state index contributed by atoms with van der Waals surface area (Å²) >= 11 is 13.9. The maximum Gasteiger partial charge on any atom is 0.417 e. The molecule has 2 aliphatic rings. The van der Waals surface area contributed by atoms with E-state index in [9.17, 15) is 4.79 Å². The molecule has 5 rings (SSSR count). The van der Waals surface area contributed by atoms with Crippen molar-refractivity contribution in [1.29, 1.82) is 0 Å². The molecular weight excluding hydrogens is 567 g/mol. The van der Waals surface area contributed by atoms with Crippen molar-refractivity contribution in [2.24, 2.45) is 0 Å². The van der Waals surface area contributed by atoms with E-state index >= 15 is 0 Å². The van der Waals surface area contributed by atoms with Crippen molar-refractivity contribution in [3.8, 4) is 5.75 Å². The van der Waals surface area contributed by atoms with Crippen molar-refractivity contribution in [2.75, 3.05) is 51.4 Å². The van der Waals surface area contributed by atoms with Crippen LogP contribution in [-0.2, 0) is 26.5 Å². The molecule has 1 amide bonds. The number of rotatable bonds is 9. The number of nitrogens with one attached hydrogen (secondary N) is 1. The lowest BCUT2D eigenvalue weighted by molar-refractivity contribution is -0.190. The van der Waals surface area contributed by atoms with E-state index < -0.39 is 11.9 Å². The first kappa shape index (κ1) is 27.8. The van der Waals surface area contributed by atoms with E-state index in [-0.39, 0.29) is 12.6 Å². The van der Waals surface area contributed by atoms with Crippen molar-refractivity contribution >= 4 is 47.1 Å². The van der Waals surface area contributed by atoms with Gasteiger partial charge in [0.1, 0.15) is 37.7 Å². The average molecular weight is 596 g/mol. The van der Waals surface area contributed by atoms with Gasteiger partial charge in [0.15, 0.2) is 0 Å². The number of amides is 1. The normalized spacial score (nSPS) is 21.6. The molecule has 208 valence electrons. The number of methoxy groups -OCH3 is 1. The summed E-state index contributed by atoms with van der Waals surface area (Å²) in [4.78, 5) is 17.6. The number of ether oxygens (including phenoxy) is 4. The molecule has 2 aliphatic heterocycles. The third kappa shape index (κ3) is 6.89. The smallest absolute Gasteiger partial charge is 0.417 e. The van der Waals surface area contributed by atoms with Gasteiger partial charge in [0.2, 0.25) is 5.79 Å². The third-order valence-corrected chi connectivity index (χ3v) is 7.79. The molecule has 0 radical (unpaired) electrons. The van der Waals surface area contributed by atoms with Crippen LogP contribution in [0.25, 0.3) is 0 Å². The lowest BCUT2D eigenvalue weighted by Crippen LogP contribution is -2.44. The van der Waals surface area contributed by atoms with Crippen LogP contribution in [0.4, 0.5) is 10.5 Å². The Morgan fingerprint density at radius 1 is 1.18 bits per heavy atom. The summed E-state index contributed by atoms with van der Waals surface area (Å²) < 4.78 is 29.6. The van der Waals surface area contributed by atoms with E-state index in [1.54, 1.807) is 29.2 Å². The van der Waals surface area contributed by atoms with Crippen LogP contribution in [0.2, 0.25) is 10.0 Å². The van der Waals surface area contributed by atoms with Crippen molar-refractivity contribution in [3.05, 3.63) is 70.7 Å². The second-order valence-corrected chi connectivity index (χ2v) is 10.7. The van der Waals surface area contributed by atoms with Crippen molar-refractivity contribution in [1.82, 2.24) is 23.8 Å². The van der Waals surface area contributed by atoms with E-state index in [1.807, 2.05) is 24.3 Å². The molecule has 14 heteroatoms. The van der Waals surface area contributed by atoms with Crippen molar-refractivity contribution in [2.45, 2.75) is 18.4 Å². The van der Waals surface area contributed by atoms with Crippen LogP contribution in [0.3, 0.4) is 0 Å². The second kappa shape index (κ2) is 12.6. The first-order valence-corrected chi connectivity index (χ1v) is 13.8. The van der Waals surface area contributed by atoms with Crippen molar-refractivity contribution < 1.29 is 23.7 Å². The fourth-order valence-corrected chi connectivity index (χ4v) is 5.59. The van der Waals surface area contributed by atoms with Crippen LogP contribution in [0.15, 0.2) is 55.1 Å². The maximum atomic E-state index is 11.3. The van der Waals surface area contributed by atoms with E-state index in [4.69, 9.17) is 37.4 Å². The Balaban J connectivity index is 1.16. The lowest BCUT2D eigenvalue weighted by Gasteiger charge is -2.34. The predicted octanol–water partition coefficient (Wildman–Crippen LogP) is 3.97. The number of hydrogen-bond donors (Lipinski definition) is 1. The Kier molecular flexibility index (Phi) is 9.00. The molecule has 2 saturated heterocycles. The van der Waals surface area contributed by atoms with Crippen LogP contribution < -0.4 is 14.4 Å². The zero-order chi connectivity index (χ0) is 27.2. The molecule has 2 atom stereocenters. The molecule has 3 aromatic rings. The molecule has 3 heterocycles. The van der Waals surface area contributed by atoms with Crippen LogP contribution in [0.1, 0.15) is 5.56 Å². The summed E-state index contributed by atoms with van der Waals surface area (Å²) in [6.45, 7) is 4.17. The lowest BCUT2D eigenvalue weighted by atomic mass is 10.1. The summed E-state index contributed by atoms with van der Waals surface area (Å²) in [5, 5.41) is 5.17. The third-order valence-electron chi connectivity index (χ3n) is 6.36. The largest absolute Gasteiger partial charge is 0.491 e. The quantitative estimate of drug-likeness (QED) is 0.366. The molecule has 1 N–H and O–H groups in total. The first-order chi connectivity index (χ1) is 18.9. The molecule has 2 fully saturated rings. The van der Waals surface area contributed by atoms with Gasteiger partial charge >= 0.3 is 6.09 Å². The number of benzene rings is 2. The molecule has 0 bridgehead atoms. The zero-order valence-electron chi connectivity index (χ0n) is 21.2. The highest BCUT2D eigenvalue weighted by Gasteiger charge is 2.45.